The van der Waals surface area contributed by atoms with E-state index in [0.29, 0.717) is 5.82 Å². The van der Waals surface area contributed by atoms with Crippen LogP contribution in [0.3, 0.4) is 0 Å². The van der Waals surface area contributed by atoms with Gasteiger partial charge in [0.15, 0.2) is 5.82 Å². The Balaban J connectivity index is 1.89. The molecule has 0 bridgehead atoms. The second kappa shape index (κ2) is 4.87. The largest absolute Gasteiger partial charge is 0.497 e. The van der Waals surface area contributed by atoms with Crippen molar-refractivity contribution < 1.29 is 9.84 Å². The number of hydrogen-bond acceptors (Lipinski definition) is 4. The van der Waals surface area contributed by atoms with Gasteiger partial charge in [-0.1, -0.05) is 12.1 Å². The zero-order chi connectivity index (χ0) is 15.1. The van der Waals surface area contributed by atoms with Gasteiger partial charge in [-0.15, -0.1) is 0 Å². The zero-order valence-corrected chi connectivity index (χ0v) is 12.2. The molecule has 4 rings (SSSR count). The molecular weight excluding hydrogens is 278 g/mol. The molecule has 1 aromatic carbocycles. The molecule has 1 aliphatic carbocycles. The van der Waals surface area contributed by atoms with Crippen LogP contribution in [-0.4, -0.2) is 27.0 Å². The summed E-state index contributed by atoms with van der Waals surface area (Å²) < 4.78 is 6.78. The fourth-order valence-corrected chi connectivity index (χ4v) is 2.94. The molecule has 0 amide bonds. The first kappa shape index (κ1) is 12.9. The first-order valence-corrected chi connectivity index (χ1v) is 7.17. The Morgan fingerprint density at radius 3 is 2.86 bits per heavy atom. The molecule has 0 spiro atoms. The first-order valence-electron chi connectivity index (χ1n) is 7.17. The highest BCUT2D eigenvalue weighted by Crippen LogP contribution is 2.41. The van der Waals surface area contributed by atoms with Crippen LogP contribution in [0.4, 0.5) is 0 Å². The predicted octanol–water partition coefficient (Wildman–Crippen LogP) is 2.75. The normalized spacial score (nSPS) is 12.6. The summed E-state index contributed by atoms with van der Waals surface area (Å²) in [7, 11) is 1.66. The number of hydrogen-bond donors (Lipinski definition) is 1. The monoisotopic (exact) mass is 293 g/mol. The maximum Gasteiger partial charge on any atom is 0.224 e. The number of rotatable bonds is 2. The van der Waals surface area contributed by atoms with Crippen molar-refractivity contribution in [2.45, 2.75) is 12.8 Å². The summed E-state index contributed by atoms with van der Waals surface area (Å²) in [4.78, 5) is 4.26. The smallest absolute Gasteiger partial charge is 0.224 e. The van der Waals surface area contributed by atoms with Gasteiger partial charge in [0.1, 0.15) is 5.75 Å². The molecule has 0 aliphatic heterocycles. The van der Waals surface area contributed by atoms with Gasteiger partial charge in [0.05, 0.1) is 18.4 Å². The average Bonchev–Trinajstić information content (AvgIpc) is 2.92. The van der Waals surface area contributed by atoms with Gasteiger partial charge in [0.25, 0.3) is 0 Å². The highest BCUT2D eigenvalue weighted by molar-refractivity contribution is 5.77. The molecular formula is C17H15N3O2. The molecule has 2 aromatic heterocycles. The van der Waals surface area contributed by atoms with Gasteiger partial charge < -0.3 is 9.84 Å². The van der Waals surface area contributed by atoms with E-state index in [1.807, 2.05) is 36.4 Å². The highest BCUT2D eigenvalue weighted by Gasteiger charge is 2.26. The Morgan fingerprint density at radius 1 is 1.18 bits per heavy atom. The molecule has 1 N–H and O–H groups in total. The molecule has 3 aromatic rings. The molecule has 0 saturated carbocycles. The van der Waals surface area contributed by atoms with Crippen LogP contribution in [-0.2, 0) is 12.8 Å². The summed E-state index contributed by atoms with van der Waals surface area (Å²) >= 11 is 0. The minimum atomic E-state index is 0.139. The Morgan fingerprint density at radius 2 is 2.09 bits per heavy atom. The molecule has 5 heteroatoms. The lowest BCUT2D eigenvalue weighted by atomic mass is 9.89. The number of methoxy groups -OCH3 is 1. The molecule has 0 saturated heterocycles. The number of pyridine rings is 1. The number of aryl methyl sites for hydroxylation is 2. The average molecular weight is 293 g/mol. The third-order valence-electron chi connectivity index (χ3n) is 4.01. The summed E-state index contributed by atoms with van der Waals surface area (Å²) in [6.45, 7) is 0. The van der Waals surface area contributed by atoms with Gasteiger partial charge in [0, 0.05) is 6.20 Å². The van der Waals surface area contributed by atoms with Crippen LogP contribution in [0.25, 0.3) is 16.9 Å². The van der Waals surface area contributed by atoms with Crippen LogP contribution in [0.1, 0.15) is 11.3 Å². The summed E-state index contributed by atoms with van der Waals surface area (Å²) in [5.41, 5.74) is 3.89. The molecule has 1 aliphatic rings. The van der Waals surface area contributed by atoms with E-state index in [2.05, 4.69) is 10.1 Å². The second-order valence-electron chi connectivity index (χ2n) is 5.27. The standard InChI is InChI=1S/C17H15N3O2/c1-22-12-6-7-13-11(10-12)5-8-14-16(13)17(21)20(19-14)15-4-2-3-9-18-15/h2-4,6-7,9-10,21H,5,8H2,1H3. The molecule has 5 nitrogen and oxygen atoms in total. The van der Waals surface area contributed by atoms with Crippen LogP contribution < -0.4 is 4.74 Å². The van der Waals surface area contributed by atoms with E-state index >= 15 is 0 Å². The van der Waals surface area contributed by atoms with Crippen molar-refractivity contribution in [2.24, 2.45) is 0 Å². The van der Waals surface area contributed by atoms with Gasteiger partial charge in [-0.2, -0.15) is 9.78 Å². The van der Waals surface area contributed by atoms with Crippen LogP contribution in [0.2, 0.25) is 0 Å². The number of aromatic nitrogens is 3. The minimum Gasteiger partial charge on any atom is -0.497 e. The molecule has 2 heterocycles. The first-order chi connectivity index (χ1) is 10.8. The van der Waals surface area contributed by atoms with Crippen molar-refractivity contribution in [3.8, 4) is 28.6 Å². The summed E-state index contributed by atoms with van der Waals surface area (Å²) in [5, 5.41) is 15.2. The molecule has 0 radical (unpaired) electrons. The Bertz CT molecular complexity index is 841. The lowest BCUT2D eigenvalue weighted by Crippen LogP contribution is -2.03. The van der Waals surface area contributed by atoms with Gasteiger partial charge >= 0.3 is 0 Å². The van der Waals surface area contributed by atoms with Crippen molar-refractivity contribution >= 4 is 0 Å². The fourth-order valence-electron chi connectivity index (χ4n) is 2.94. The Hall–Kier alpha value is -2.82. The third kappa shape index (κ3) is 1.86. The van der Waals surface area contributed by atoms with Crippen LogP contribution in [0.15, 0.2) is 42.6 Å². The van der Waals surface area contributed by atoms with Crippen molar-refractivity contribution in [1.29, 1.82) is 0 Å². The molecule has 0 atom stereocenters. The quantitative estimate of drug-likeness (QED) is 0.789. The second-order valence-corrected chi connectivity index (χ2v) is 5.27. The summed E-state index contributed by atoms with van der Waals surface area (Å²) in [6, 6.07) is 11.5. The summed E-state index contributed by atoms with van der Waals surface area (Å²) in [6.07, 6.45) is 3.37. The number of benzene rings is 1. The third-order valence-corrected chi connectivity index (χ3v) is 4.01. The van der Waals surface area contributed by atoms with Gasteiger partial charge in [-0.3, -0.25) is 0 Å². The highest BCUT2D eigenvalue weighted by atomic mass is 16.5. The van der Waals surface area contributed by atoms with Crippen molar-refractivity contribution in [3.05, 3.63) is 53.9 Å². The summed E-state index contributed by atoms with van der Waals surface area (Å²) in [5.74, 6) is 1.59. The topological polar surface area (TPSA) is 60.2 Å². The van der Waals surface area contributed by atoms with Gasteiger partial charge in [0.2, 0.25) is 5.88 Å². The number of aromatic hydroxyl groups is 1. The van der Waals surface area contributed by atoms with Crippen molar-refractivity contribution in [3.63, 3.8) is 0 Å². The zero-order valence-electron chi connectivity index (χ0n) is 12.2. The molecule has 0 fully saturated rings. The van der Waals surface area contributed by atoms with E-state index in [1.165, 1.54) is 10.2 Å². The minimum absolute atomic E-state index is 0.139. The van der Waals surface area contributed by atoms with Gasteiger partial charge in [-0.25, -0.2) is 4.98 Å². The van der Waals surface area contributed by atoms with E-state index in [0.717, 1.165) is 35.4 Å². The van der Waals surface area contributed by atoms with E-state index in [-0.39, 0.29) is 5.88 Å². The molecule has 22 heavy (non-hydrogen) atoms. The lowest BCUT2D eigenvalue weighted by Gasteiger charge is -2.16. The van der Waals surface area contributed by atoms with E-state index < -0.39 is 0 Å². The lowest BCUT2D eigenvalue weighted by molar-refractivity contribution is 0.414. The Kier molecular flexibility index (Phi) is 2.85. The fraction of sp³-hybridized carbons (Fsp3) is 0.176. The molecule has 0 unspecified atom stereocenters. The van der Waals surface area contributed by atoms with E-state index in [4.69, 9.17) is 4.74 Å². The van der Waals surface area contributed by atoms with Crippen LogP contribution >= 0.6 is 0 Å². The van der Waals surface area contributed by atoms with E-state index in [9.17, 15) is 5.11 Å². The van der Waals surface area contributed by atoms with Crippen molar-refractivity contribution in [2.75, 3.05) is 7.11 Å². The predicted molar refractivity (Wildman–Crippen MR) is 82.4 cm³/mol. The Labute approximate surface area is 127 Å². The maximum atomic E-state index is 10.6. The van der Waals surface area contributed by atoms with Crippen LogP contribution in [0, 0.1) is 0 Å². The number of fused-ring (bicyclic) bond motifs is 3. The number of nitrogens with zero attached hydrogens (tertiary/aromatic N) is 3. The maximum absolute atomic E-state index is 10.6. The van der Waals surface area contributed by atoms with Gasteiger partial charge in [-0.05, 0) is 48.2 Å². The molecule has 110 valence electrons. The van der Waals surface area contributed by atoms with E-state index in [1.54, 1.807) is 13.3 Å². The van der Waals surface area contributed by atoms with Crippen molar-refractivity contribution in [1.82, 2.24) is 14.8 Å². The SMILES string of the molecule is COc1ccc2c(c1)CCc1nn(-c3ccccn3)c(O)c1-2. The number of ether oxygens (including phenoxy) is 1. The van der Waals surface area contributed by atoms with Crippen LogP contribution in [0.5, 0.6) is 11.6 Å².